The third-order valence-electron chi connectivity index (χ3n) is 5.23. The van der Waals surface area contributed by atoms with E-state index in [1.807, 2.05) is 11.4 Å². The molecule has 4 rings (SSSR count). The molecule has 1 aromatic carbocycles. The number of carbonyl (C=O) groups is 1. The lowest BCUT2D eigenvalue weighted by Gasteiger charge is -2.32. The van der Waals surface area contributed by atoms with Gasteiger partial charge in [0.25, 0.3) is 5.91 Å². The summed E-state index contributed by atoms with van der Waals surface area (Å²) in [5.41, 5.74) is 0. The molecule has 3 atom stereocenters. The van der Waals surface area contributed by atoms with Crippen molar-refractivity contribution >= 4 is 38.9 Å². The Bertz CT molecular complexity index is 962. The molecular formula is C18H19ClN2O4S2. The van der Waals surface area contributed by atoms with Crippen molar-refractivity contribution < 1.29 is 17.9 Å². The number of hydrogen-bond acceptors (Lipinski definition) is 5. The molecule has 2 bridgehead atoms. The minimum Gasteiger partial charge on any atom is -0.495 e. The van der Waals surface area contributed by atoms with Crippen molar-refractivity contribution in [3.63, 3.8) is 0 Å². The Morgan fingerprint density at radius 3 is 2.78 bits per heavy atom. The van der Waals surface area contributed by atoms with E-state index in [0.717, 1.165) is 12.8 Å². The number of ether oxygens (including phenoxy) is 1. The van der Waals surface area contributed by atoms with Gasteiger partial charge in [0, 0.05) is 18.6 Å². The first-order chi connectivity index (χ1) is 12.9. The van der Waals surface area contributed by atoms with E-state index < -0.39 is 10.0 Å². The highest BCUT2D eigenvalue weighted by Crippen LogP contribution is 2.41. The third-order valence-corrected chi connectivity index (χ3v) is 8.28. The van der Waals surface area contributed by atoms with E-state index in [2.05, 4.69) is 5.32 Å². The molecule has 6 nitrogen and oxygen atoms in total. The van der Waals surface area contributed by atoms with Crippen molar-refractivity contribution in [1.29, 1.82) is 0 Å². The Balaban J connectivity index is 1.55. The highest BCUT2D eigenvalue weighted by Gasteiger charge is 2.50. The molecule has 9 heteroatoms. The molecule has 2 fully saturated rings. The van der Waals surface area contributed by atoms with Crippen molar-refractivity contribution in [2.45, 2.75) is 29.8 Å². The van der Waals surface area contributed by atoms with Gasteiger partial charge >= 0.3 is 0 Å². The molecule has 1 saturated carbocycles. The first-order valence-electron chi connectivity index (χ1n) is 8.60. The maximum atomic E-state index is 13.2. The minimum absolute atomic E-state index is 0.143. The Morgan fingerprint density at radius 1 is 1.33 bits per heavy atom. The normalized spacial score (nSPS) is 24.9. The van der Waals surface area contributed by atoms with Crippen LogP contribution >= 0.6 is 22.9 Å². The second kappa shape index (κ2) is 7.09. The molecule has 1 aliphatic carbocycles. The van der Waals surface area contributed by atoms with Gasteiger partial charge in [-0.05, 0) is 48.4 Å². The average Bonchev–Trinajstić information content (AvgIpc) is 3.38. The number of halogens is 1. The van der Waals surface area contributed by atoms with Crippen LogP contribution in [0, 0.1) is 5.92 Å². The van der Waals surface area contributed by atoms with Crippen molar-refractivity contribution in [2.24, 2.45) is 5.92 Å². The molecule has 1 aliphatic heterocycles. The summed E-state index contributed by atoms with van der Waals surface area (Å²) >= 11 is 7.48. The lowest BCUT2D eigenvalue weighted by atomic mass is 10.1. The van der Waals surface area contributed by atoms with Gasteiger partial charge in [-0.15, -0.1) is 11.3 Å². The van der Waals surface area contributed by atoms with Crippen LogP contribution in [0.1, 0.15) is 22.5 Å². The lowest BCUT2D eigenvalue weighted by molar-refractivity contribution is 0.0921. The summed E-state index contributed by atoms with van der Waals surface area (Å²) in [7, 11) is -2.21. The maximum Gasteiger partial charge on any atom is 0.261 e. The molecular weight excluding hydrogens is 408 g/mol. The zero-order valence-corrected chi connectivity index (χ0v) is 17.0. The number of rotatable bonds is 5. The second-order valence-electron chi connectivity index (χ2n) is 6.83. The number of thiophene rings is 1. The van der Waals surface area contributed by atoms with E-state index in [0.29, 0.717) is 17.2 Å². The smallest absolute Gasteiger partial charge is 0.261 e. The predicted octanol–water partition coefficient (Wildman–Crippen LogP) is 2.99. The molecule has 1 amide bonds. The van der Waals surface area contributed by atoms with Gasteiger partial charge in [0.2, 0.25) is 10.0 Å². The van der Waals surface area contributed by atoms with Gasteiger partial charge in [-0.1, -0.05) is 17.7 Å². The van der Waals surface area contributed by atoms with Crippen molar-refractivity contribution in [1.82, 2.24) is 9.62 Å². The number of benzene rings is 1. The Labute approximate surface area is 167 Å². The molecule has 1 aromatic heterocycles. The number of nitrogens with zero attached hydrogens (tertiary/aromatic N) is 1. The molecule has 2 heterocycles. The van der Waals surface area contributed by atoms with Crippen molar-refractivity contribution in [2.75, 3.05) is 13.7 Å². The van der Waals surface area contributed by atoms with E-state index in [9.17, 15) is 13.2 Å². The summed E-state index contributed by atoms with van der Waals surface area (Å²) in [5, 5.41) is 5.12. The number of amides is 1. The van der Waals surface area contributed by atoms with Crippen LogP contribution in [-0.2, 0) is 10.0 Å². The third kappa shape index (κ3) is 3.35. The Morgan fingerprint density at radius 2 is 2.15 bits per heavy atom. The number of methoxy groups -OCH3 is 1. The number of carbonyl (C=O) groups excluding carboxylic acids is 1. The fourth-order valence-corrected chi connectivity index (χ4v) is 6.72. The molecule has 2 aromatic rings. The van der Waals surface area contributed by atoms with Gasteiger partial charge in [-0.25, -0.2) is 8.42 Å². The van der Waals surface area contributed by atoms with Gasteiger partial charge in [-0.2, -0.15) is 4.31 Å². The van der Waals surface area contributed by atoms with Crippen LogP contribution in [0.5, 0.6) is 5.75 Å². The van der Waals surface area contributed by atoms with E-state index >= 15 is 0 Å². The summed E-state index contributed by atoms with van der Waals surface area (Å²) in [5.74, 6) is 0.541. The molecule has 144 valence electrons. The molecule has 0 spiro atoms. The molecule has 1 saturated heterocycles. The summed E-state index contributed by atoms with van der Waals surface area (Å²) in [6, 6.07) is 7.66. The highest BCUT2D eigenvalue weighted by molar-refractivity contribution is 7.89. The highest BCUT2D eigenvalue weighted by atomic mass is 35.5. The SMILES string of the molecule is COc1ccc(S(=O)(=O)N2C[C@@H]3C[C@H](NC(=O)c4cccs4)[C@H]2C3)cc1Cl. The van der Waals surface area contributed by atoms with Crippen LogP contribution in [0.25, 0.3) is 0 Å². The van der Waals surface area contributed by atoms with Crippen molar-refractivity contribution in [3.05, 3.63) is 45.6 Å². The summed E-state index contributed by atoms with van der Waals surface area (Å²) in [6.45, 7) is 0.474. The molecule has 27 heavy (non-hydrogen) atoms. The van der Waals surface area contributed by atoms with Crippen LogP contribution < -0.4 is 10.1 Å². The molecule has 0 unspecified atom stereocenters. The number of piperidine rings is 1. The minimum atomic E-state index is -3.69. The topological polar surface area (TPSA) is 75.7 Å². The summed E-state index contributed by atoms with van der Waals surface area (Å²) in [6.07, 6.45) is 1.57. The largest absolute Gasteiger partial charge is 0.495 e. The molecule has 0 radical (unpaired) electrons. The second-order valence-corrected chi connectivity index (χ2v) is 10.1. The number of hydrogen-bond donors (Lipinski definition) is 1. The number of sulfonamides is 1. The van der Waals surface area contributed by atoms with Gasteiger partial charge in [0.15, 0.2) is 0 Å². The van der Waals surface area contributed by atoms with Crippen LogP contribution in [0.15, 0.2) is 40.6 Å². The lowest BCUT2D eigenvalue weighted by Crippen LogP contribution is -2.51. The maximum absolute atomic E-state index is 13.2. The summed E-state index contributed by atoms with van der Waals surface area (Å²) in [4.78, 5) is 13.2. The van der Waals surface area contributed by atoms with Gasteiger partial charge in [-0.3, -0.25) is 4.79 Å². The standard InChI is InChI=1S/C18H19ClN2O4S2/c1-25-16-5-4-12(9-13(16)19)27(23,24)21-10-11-7-14(15(21)8-11)20-18(22)17-3-2-6-26-17/h2-6,9,11,14-15H,7-8,10H2,1H3,(H,20,22)/t11-,14+,15-/m1/s1. The van der Waals surface area contributed by atoms with E-state index in [4.69, 9.17) is 16.3 Å². The van der Waals surface area contributed by atoms with Crippen molar-refractivity contribution in [3.8, 4) is 5.75 Å². The summed E-state index contributed by atoms with van der Waals surface area (Å²) < 4.78 is 32.9. The Kier molecular flexibility index (Phi) is 4.92. The van der Waals surface area contributed by atoms with Crippen LogP contribution in [0.4, 0.5) is 0 Å². The fraction of sp³-hybridized carbons (Fsp3) is 0.389. The zero-order valence-electron chi connectivity index (χ0n) is 14.6. The quantitative estimate of drug-likeness (QED) is 0.797. The van der Waals surface area contributed by atoms with E-state index in [1.54, 1.807) is 12.1 Å². The van der Waals surface area contributed by atoms with E-state index in [1.165, 1.54) is 34.9 Å². The molecule has 1 N–H and O–H groups in total. The zero-order chi connectivity index (χ0) is 19.2. The van der Waals surface area contributed by atoms with Gasteiger partial charge in [0.1, 0.15) is 5.75 Å². The average molecular weight is 427 g/mol. The number of fused-ring (bicyclic) bond motifs is 2. The predicted molar refractivity (Wildman–Crippen MR) is 104 cm³/mol. The fourth-order valence-electron chi connectivity index (χ4n) is 4.00. The monoisotopic (exact) mass is 426 g/mol. The van der Waals surface area contributed by atoms with E-state index in [-0.39, 0.29) is 33.8 Å². The van der Waals surface area contributed by atoms with Crippen LogP contribution in [-0.4, -0.2) is 44.4 Å². The Hall–Kier alpha value is -1.61. The van der Waals surface area contributed by atoms with Crippen LogP contribution in [0.2, 0.25) is 5.02 Å². The number of nitrogens with one attached hydrogen (secondary N) is 1. The first-order valence-corrected chi connectivity index (χ1v) is 11.3. The van der Waals surface area contributed by atoms with Gasteiger partial charge < -0.3 is 10.1 Å². The van der Waals surface area contributed by atoms with Gasteiger partial charge in [0.05, 0.1) is 21.9 Å². The van der Waals surface area contributed by atoms with Crippen LogP contribution in [0.3, 0.4) is 0 Å². The molecule has 2 aliphatic rings. The first kappa shape index (κ1) is 18.7.